The summed E-state index contributed by atoms with van der Waals surface area (Å²) in [4.78, 5) is 38.3. The molecule has 1 aliphatic rings. The first-order valence-corrected chi connectivity index (χ1v) is 12.1. The van der Waals surface area contributed by atoms with Gasteiger partial charge in [0, 0.05) is 11.3 Å². The Morgan fingerprint density at radius 1 is 1.03 bits per heavy atom. The van der Waals surface area contributed by atoms with Crippen LogP contribution in [0.25, 0.3) is 6.08 Å². The van der Waals surface area contributed by atoms with Gasteiger partial charge in [-0.3, -0.25) is 19.3 Å². The molecule has 39 heavy (non-hydrogen) atoms. The van der Waals surface area contributed by atoms with E-state index in [4.69, 9.17) is 9.47 Å². The van der Waals surface area contributed by atoms with Crippen LogP contribution in [0.2, 0.25) is 0 Å². The molecule has 7 nitrogen and oxygen atoms in total. The highest BCUT2D eigenvalue weighted by atomic mass is 32.2. The Balaban J connectivity index is 1.42. The molecule has 0 spiro atoms. The molecule has 0 bridgehead atoms. The first-order valence-electron chi connectivity index (χ1n) is 11.3. The molecule has 0 aliphatic carbocycles. The number of hydrogen-bond acceptors (Lipinski definition) is 6. The maximum atomic E-state index is 13.9. The first kappa shape index (κ1) is 27.7. The fourth-order valence-electron chi connectivity index (χ4n) is 3.57. The van der Waals surface area contributed by atoms with Gasteiger partial charge in [0.05, 0.1) is 17.6 Å². The molecule has 1 saturated heterocycles. The standard InChI is InChI=1S/C27H20F4N2O5S/c1-37-22-11-16(9-10-21(22)38-15-17-5-2-3-8-20(17)28)12-23-25(35)33(26(36)39-23)14-24(34)32-19-7-4-6-18(13-19)27(29,30)31/h2-13H,14-15H2,1H3,(H,32,34). The lowest BCUT2D eigenvalue weighted by atomic mass is 10.1. The van der Waals surface area contributed by atoms with Crippen LogP contribution < -0.4 is 14.8 Å². The Hall–Kier alpha value is -4.32. The number of anilines is 1. The van der Waals surface area contributed by atoms with Crippen molar-refractivity contribution in [3.8, 4) is 11.5 Å². The fraction of sp³-hybridized carbons (Fsp3) is 0.148. The summed E-state index contributed by atoms with van der Waals surface area (Å²) in [6.45, 7) is -0.714. The minimum absolute atomic E-state index is 0.0361. The third kappa shape index (κ3) is 6.77. The second kappa shape index (κ2) is 11.6. The molecule has 0 atom stereocenters. The second-order valence-electron chi connectivity index (χ2n) is 8.18. The van der Waals surface area contributed by atoms with Gasteiger partial charge in [0.2, 0.25) is 5.91 Å². The van der Waals surface area contributed by atoms with Crippen LogP contribution in [0.1, 0.15) is 16.7 Å². The lowest BCUT2D eigenvalue weighted by Gasteiger charge is -2.13. The molecule has 1 fully saturated rings. The van der Waals surface area contributed by atoms with Crippen LogP contribution in [0.3, 0.4) is 0 Å². The quantitative estimate of drug-likeness (QED) is 0.265. The average molecular weight is 561 g/mol. The van der Waals surface area contributed by atoms with Crippen molar-refractivity contribution in [3.05, 3.63) is 94.1 Å². The maximum absolute atomic E-state index is 13.9. The monoisotopic (exact) mass is 560 g/mol. The molecule has 4 rings (SSSR count). The number of alkyl halides is 3. The summed E-state index contributed by atoms with van der Waals surface area (Å²) in [5, 5.41) is 1.56. The Morgan fingerprint density at radius 3 is 2.51 bits per heavy atom. The first-order chi connectivity index (χ1) is 18.5. The Morgan fingerprint density at radius 2 is 1.79 bits per heavy atom. The molecular weight excluding hydrogens is 540 g/mol. The van der Waals surface area contributed by atoms with Crippen molar-refractivity contribution in [3.63, 3.8) is 0 Å². The van der Waals surface area contributed by atoms with Crippen LogP contribution in [0.4, 0.5) is 28.0 Å². The number of ether oxygens (including phenoxy) is 2. The number of nitrogens with zero attached hydrogens (tertiary/aromatic N) is 1. The third-order valence-corrected chi connectivity index (χ3v) is 6.38. The normalized spacial score (nSPS) is 14.6. The van der Waals surface area contributed by atoms with E-state index >= 15 is 0 Å². The number of rotatable bonds is 8. The van der Waals surface area contributed by atoms with Crippen LogP contribution >= 0.6 is 11.8 Å². The lowest BCUT2D eigenvalue weighted by Crippen LogP contribution is -2.36. The number of imide groups is 1. The molecular formula is C27H20F4N2O5S. The Kier molecular flexibility index (Phi) is 8.24. The van der Waals surface area contributed by atoms with Gasteiger partial charge in [-0.05, 0) is 59.8 Å². The zero-order chi connectivity index (χ0) is 28.2. The van der Waals surface area contributed by atoms with Crippen molar-refractivity contribution >= 4 is 40.6 Å². The van der Waals surface area contributed by atoms with E-state index in [0.717, 1.165) is 18.2 Å². The molecule has 3 amide bonds. The number of thioether (sulfide) groups is 1. The van der Waals surface area contributed by atoms with Gasteiger partial charge in [-0.1, -0.05) is 30.3 Å². The van der Waals surface area contributed by atoms with Gasteiger partial charge in [-0.15, -0.1) is 0 Å². The summed E-state index contributed by atoms with van der Waals surface area (Å²) < 4.78 is 63.6. The molecule has 3 aromatic rings. The number of hydrogen-bond donors (Lipinski definition) is 1. The second-order valence-corrected chi connectivity index (χ2v) is 9.18. The highest BCUT2D eigenvalue weighted by molar-refractivity contribution is 8.18. The fourth-order valence-corrected chi connectivity index (χ4v) is 4.41. The van der Waals surface area contributed by atoms with E-state index in [1.807, 2.05) is 0 Å². The number of methoxy groups -OCH3 is 1. The number of nitrogens with one attached hydrogen (secondary N) is 1. The molecule has 202 valence electrons. The number of benzene rings is 3. The number of amides is 3. The largest absolute Gasteiger partial charge is 0.493 e. The summed E-state index contributed by atoms with van der Waals surface area (Å²) in [5.41, 5.74) is -0.228. The van der Waals surface area contributed by atoms with E-state index < -0.39 is 41.2 Å². The topological polar surface area (TPSA) is 84.9 Å². The number of carbonyl (C=O) groups excluding carboxylic acids is 3. The number of halogens is 4. The smallest absolute Gasteiger partial charge is 0.416 e. The summed E-state index contributed by atoms with van der Waals surface area (Å²) in [6, 6.07) is 14.9. The van der Waals surface area contributed by atoms with E-state index in [1.165, 1.54) is 25.3 Å². The minimum Gasteiger partial charge on any atom is -0.493 e. The van der Waals surface area contributed by atoms with Crippen LogP contribution in [0, 0.1) is 5.82 Å². The van der Waals surface area contributed by atoms with Crippen molar-refractivity contribution < 1.29 is 41.4 Å². The van der Waals surface area contributed by atoms with Gasteiger partial charge in [0.15, 0.2) is 11.5 Å². The van der Waals surface area contributed by atoms with Gasteiger partial charge in [-0.25, -0.2) is 4.39 Å². The zero-order valence-electron chi connectivity index (χ0n) is 20.3. The van der Waals surface area contributed by atoms with E-state index in [-0.39, 0.29) is 17.2 Å². The van der Waals surface area contributed by atoms with Crippen molar-refractivity contribution in [1.82, 2.24) is 4.90 Å². The van der Waals surface area contributed by atoms with E-state index in [2.05, 4.69) is 5.32 Å². The van der Waals surface area contributed by atoms with Crippen molar-refractivity contribution in [2.75, 3.05) is 19.0 Å². The molecule has 0 saturated carbocycles. The van der Waals surface area contributed by atoms with Crippen molar-refractivity contribution in [2.45, 2.75) is 12.8 Å². The minimum atomic E-state index is -4.59. The van der Waals surface area contributed by atoms with E-state index in [1.54, 1.807) is 36.4 Å². The van der Waals surface area contributed by atoms with Gasteiger partial charge in [0.1, 0.15) is 19.0 Å². The Bertz CT molecular complexity index is 1460. The average Bonchev–Trinajstić information content (AvgIpc) is 3.15. The zero-order valence-corrected chi connectivity index (χ0v) is 21.1. The van der Waals surface area contributed by atoms with Crippen molar-refractivity contribution in [2.24, 2.45) is 0 Å². The SMILES string of the molecule is COc1cc(C=C2SC(=O)N(CC(=O)Nc3cccc(C(F)(F)F)c3)C2=O)ccc1OCc1ccccc1F. The molecule has 1 heterocycles. The predicted octanol–water partition coefficient (Wildman–Crippen LogP) is 6.11. The molecule has 0 radical (unpaired) electrons. The highest BCUT2D eigenvalue weighted by Crippen LogP contribution is 2.35. The molecule has 12 heteroatoms. The predicted molar refractivity (Wildman–Crippen MR) is 136 cm³/mol. The third-order valence-electron chi connectivity index (χ3n) is 5.48. The van der Waals surface area contributed by atoms with E-state index in [9.17, 15) is 31.9 Å². The van der Waals surface area contributed by atoms with E-state index in [0.29, 0.717) is 39.3 Å². The molecule has 1 N–H and O–H groups in total. The number of carbonyl (C=O) groups is 3. The highest BCUT2D eigenvalue weighted by Gasteiger charge is 2.36. The summed E-state index contributed by atoms with van der Waals surface area (Å²) in [7, 11) is 1.41. The lowest BCUT2D eigenvalue weighted by molar-refractivity contribution is -0.137. The van der Waals surface area contributed by atoms with Crippen LogP contribution in [-0.4, -0.2) is 35.6 Å². The molecule has 3 aromatic carbocycles. The van der Waals surface area contributed by atoms with Gasteiger partial charge in [-0.2, -0.15) is 13.2 Å². The summed E-state index contributed by atoms with van der Waals surface area (Å²) >= 11 is 0.614. The molecule has 0 aromatic heterocycles. The Labute approximate surface area is 224 Å². The summed E-state index contributed by atoms with van der Waals surface area (Å²) in [5.74, 6) is -1.34. The van der Waals surface area contributed by atoms with Crippen LogP contribution in [0.15, 0.2) is 71.6 Å². The van der Waals surface area contributed by atoms with Crippen LogP contribution in [0.5, 0.6) is 11.5 Å². The summed E-state index contributed by atoms with van der Waals surface area (Å²) in [6.07, 6.45) is -3.16. The van der Waals surface area contributed by atoms with Crippen molar-refractivity contribution in [1.29, 1.82) is 0 Å². The maximum Gasteiger partial charge on any atom is 0.416 e. The molecule has 1 aliphatic heterocycles. The van der Waals surface area contributed by atoms with Crippen LogP contribution in [-0.2, 0) is 22.4 Å². The van der Waals surface area contributed by atoms with Gasteiger partial charge < -0.3 is 14.8 Å². The van der Waals surface area contributed by atoms with Gasteiger partial charge >= 0.3 is 6.18 Å². The van der Waals surface area contributed by atoms with Gasteiger partial charge in [0.25, 0.3) is 11.1 Å². The molecule has 0 unspecified atom stereocenters.